The maximum absolute atomic E-state index is 12.8. The fourth-order valence-electron chi connectivity index (χ4n) is 3.96. The number of fused-ring (bicyclic) bond motifs is 1. The van der Waals surface area contributed by atoms with Crippen LogP contribution in [0, 0.1) is 13.8 Å². The van der Waals surface area contributed by atoms with Crippen molar-refractivity contribution in [2.24, 2.45) is 0 Å². The van der Waals surface area contributed by atoms with Gasteiger partial charge in [0.2, 0.25) is 5.91 Å². The van der Waals surface area contributed by atoms with Gasteiger partial charge in [0.1, 0.15) is 11.3 Å². The van der Waals surface area contributed by atoms with Crippen LogP contribution < -0.4 is 0 Å². The van der Waals surface area contributed by atoms with E-state index in [0.29, 0.717) is 18.1 Å². The smallest absolute Gasteiger partial charge is 0.227 e. The van der Waals surface area contributed by atoms with Gasteiger partial charge in [0.15, 0.2) is 0 Å². The molecule has 0 bridgehead atoms. The maximum atomic E-state index is 12.8. The van der Waals surface area contributed by atoms with Crippen LogP contribution in [0.4, 0.5) is 0 Å². The van der Waals surface area contributed by atoms with Crippen molar-refractivity contribution in [3.05, 3.63) is 64.9 Å². The van der Waals surface area contributed by atoms with Gasteiger partial charge in [-0.15, -0.1) is 0 Å². The fraction of sp³-hybridized carbons (Fsp3) is 0.348. The van der Waals surface area contributed by atoms with Gasteiger partial charge in [0, 0.05) is 24.0 Å². The first-order chi connectivity index (χ1) is 13.0. The van der Waals surface area contributed by atoms with Crippen molar-refractivity contribution in [2.45, 2.75) is 39.0 Å². The minimum absolute atomic E-state index is 0.167. The van der Waals surface area contributed by atoms with Crippen molar-refractivity contribution >= 4 is 16.9 Å². The Morgan fingerprint density at radius 1 is 1.11 bits per heavy atom. The van der Waals surface area contributed by atoms with E-state index in [1.807, 2.05) is 23.1 Å². The van der Waals surface area contributed by atoms with E-state index in [2.05, 4.69) is 19.9 Å². The molecule has 0 atom stereocenters. The predicted octanol–water partition coefficient (Wildman–Crippen LogP) is 4.70. The van der Waals surface area contributed by atoms with E-state index >= 15 is 0 Å². The largest absolute Gasteiger partial charge is 0.508 e. The van der Waals surface area contributed by atoms with Gasteiger partial charge < -0.3 is 14.4 Å². The lowest BCUT2D eigenvalue weighted by molar-refractivity contribution is -0.131. The molecule has 3 aromatic rings. The number of aromatic hydroxyl groups is 1. The molecule has 4 heteroatoms. The topological polar surface area (TPSA) is 53.7 Å². The van der Waals surface area contributed by atoms with Gasteiger partial charge in [-0.1, -0.05) is 12.1 Å². The summed E-state index contributed by atoms with van der Waals surface area (Å²) in [6.45, 7) is 5.71. The van der Waals surface area contributed by atoms with Gasteiger partial charge in [-0.3, -0.25) is 4.79 Å². The molecular formula is C23H25NO3. The van der Waals surface area contributed by atoms with Crippen LogP contribution in [0.3, 0.4) is 0 Å². The molecule has 140 valence electrons. The van der Waals surface area contributed by atoms with Crippen LogP contribution in [0.15, 0.2) is 47.1 Å². The molecule has 2 heterocycles. The van der Waals surface area contributed by atoms with Crippen molar-refractivity contribution in [2.75, 3.05) is 13.1 Å². The van der Waals surface area contributed by atoms with Crippen LogP contribution >= 0.6 is 0 Å². The third-order valence-electron chi connectivity index (χ3n) is 5.82. The number of aryl methyl sites for hydroxylation is 2. The zero-order valence-electron chi connectivity index (χ0n) is 15.9. The minimum Gasteiger partial charge on any atom is -0.508 e. The van der Waals surface area contributed by atoms with Gasteiger partial charge >= 0.3 is 0 Å². The van der Waals surface area contributed by atoms with E-state index < -0.39 is 0 Å². The molecule has 1 aliphatic rings. The predicted molar refractivity (Wildman–Crippen MR) is 106 cm³/mol. The van der Waals surface area contributed by atoms with Crippen LogP contribution in [0.25, 0.3) is 11.0 Å². The van der Waals surface area contributed by atoms with Crippen LogP contribution in [0.2, 0.25) is 0 Å². The number of carbonyl (C=O) groups is 1. The number of phenolic OH excluding ortho intramolecular Hbond substituents is 1. The molecule has 0 aliphatic carbocycles. The third-order valence-corrected chi connectivity index (χ3v) is 5.82. The summed E-state index contributed by atoms with van der Waals surface area (Å²) in [5.74, 6) is 0.916. The van der Waals surface area contributed by atoms with Gasteiger partial charge in [-0.05, 0) is 73.6 Å². The Balaban J connectivity index is 1.41. The fourth-order valence-corrected chi connectivity index (χ4v) is 3.96. The average molecular weight is 363 g/mol. The molecule has 1 amide bonds. The number of hydrogen-bond acceptors (Lipinski definition) is 3. The highest BCUT2D eigenvalue weighted by Crippen LogP contribution is 2.30. The number of carbonyl (C=O) groups excluding carboxylic acids is 1. The van der Waals surface area contributed by atoms with E-state index in [1.165, 1.54) is 16.7 Å². The Morgan fingerprint density at radius 2 is 1.78 bits per heavy atom. The maximum Gasteiger partial charge on any atom is 0.227 e. The monoisotopic (exact) mass is 363 g/mol. The Hall–Kier alpha value is -2.75. The second kappa shape index (κ2) is 7.10. The van der Waals surface area contributed by atoms with Crippen molar-refractivity contribution in [1.82, 2.24) is 4.90 Å². The molecule has 0 saturated carbocycles. The van der Waals surface area contributed by atoms with Gasteiger partial charge in [0.25, 0.3) is 0 Å². The summed E-state index contributed by atoms with van der Waals surface area (Å²) in [6.07, 6.45) is 4.03. The minimum atomic E-state index is 0.167. The summed E-state index contributed by atoms with van der Waals surface area (Å²) in [7, 11) is 0. The first-order valence-corrected chi connectivity index (χ1v) is 9.55. The average Bonchev–Trinajstić information content (AvgIpc) is 3.04. The summed E-state index contributed by atoms with van der Waals surface area (Å²) in [5, 5.41) is 10.5. The summed E-state index contributed by atoms with van der Waals surface area (Å²) in [6, 6.07) is 11.6. The van der Waals surface area contributed by atoms with Crippen molar-refractivity contribution < 1.29 is 14.3 Å². The standard InChI is InChI=1S/C23H25NO3/c1-15-11-21-19(14-27-22(21)12-16(15)2)13-23(26)24-9-7-18(8-10-24)17-3-5-20(25)6-4-17/h3-6,11-12,14,18,25H,7-10,13H2,1-2H3. The molecule has 1 aromatic heterocycles. The molecule has 1 fully saturated rings. The molecule has 27 heavy (non-hydrogen) atoms. The van der Waals surface area contributed by atoms with Crippen LogP contribution in [0.5, 0.6) is 5.75 Å². The highest BCUT2D eigenvalue weighted by molar-refractivity contribution is 5.88. The Bertz CT molecular complexity index is 963. The van der Waals surface area contributed by atoms with E-state index in [0.717, 1.165) is 42.5 Å². The number of piperidine rings is 1. The highest BCUT2D eigenvalue weighted by Gasteiger charge is 2.24. The number of rotatable bonds is 3. The number of furan rings is 1. The second-order valence-corrected chi connectivity index (χ2v) is 7.62. The Labute approximate surface area is 159 Å². The van der Waals surface area contributed by atoms with Crippen molar-refractivity contribution in [3.63, 3.8) is 0 Å². The molecule has 2 aromatic carbocycles. The van der Waals surface area contributed by atoms with E-state index in [1.54, 1.807) is 18.4 Å². The van der Waals surface area contributed by atoms with Crippen molar-refractivity contribution in [1.29, 1.82) is 0 Å². The molecule has 1 aliphatic heterocycles. The lowest BCUT2D eigenvalue weighted by atomic mass is 9.89. The zero-order chi connectivity index (χ0) is 19.0. The van der Waals surface area contributed by atoms with E-state index in [9.17, 15) is 9.90 Å². The quantitative estimate of drug-likeness (QED) is 0.733. The highest BCUT2D eigenvalue weighted by atomic mass is 16.3. The lowest BCUT2D eigenvalue weighted by Crippen LogP contribution is -2.38. The summed E-state index contributed by atoms with van der Waals surface area (Å²) < 4.78 is 5.67. The van der Waals surface area contributed by atoms with Crippen LogP contribution in [-0.4, -0.2) is 29.0 Å². The number of hydrogen-bond donors (Lipinski definition) is 1. The first-order valence-electron chi connectivity index (χ1n) is 9.55. The summed E-state index contributed by atoms with van der Waals surface area (Å²) >= 11 is 0. The first kappa shape index (κ1) is 17.7. The van der Waals surface area contributed by atoms with Crippen LogP contribution in [0.1, 0.15) is 41.0 Å². The number of benzene rings is 2. The molecule has 0 unspecified atom stereocenters. The van der Waals surface area contributed by atoms with Gasteiger partial charge in [-0.2, -0.15) is 0 Å². The second-order valence-electron chi connectivity index (χ2n) is 7.62. The number of amides is 1. The molecule has 0 radical (unpaired) electrons. The Morgan fingerprint density at radius 3 is 2.48 bits per heavy atom. The zero-order valence-corrected chi connectivity index (χ0v) is 15.9. The van der Waals surface area contributed by atoms with Crippen molar-refractivity contribution in [3.8, 4) is 5.75 Å². The van der Waals surface area contributed by atoms with Gasteiger partial charge in [-0.25, -0.2) is 0 Å². The van der Waals surface area contributed by atoms with Crippen LogP contribution in [-0.2, 0) is 11.2 Å². The molecule has 4 rings (SSSR count). The molecule has 0 spiro atoms. The third kappa shape index (κ3) is 3.57. The SMILES string of the molecule is Cc1cc2occ(CC(=O)N3CCC(c4ccc(O)cc4)CC3)c2cc1C. The van der Waals surface area contributed by atoms with Gasteiger partial charge in [0.05, 0.1) is 12.7 Å². The number of phenols is 1. The summed E-state index contributed by atoms with van der Waals surface area (Å²) in [4.78, 5) is 14.8. The Kier molecular flexibility index (Phi) is 4.65. The van der Waals surface area contributed by atoms with E-state index in [-0.39, 0.29) is 5.91 Å². The normalized spacial score (nSPS) is 15.4. The molecule has 1 saturated heterocycles. The number of nitrogens with zero attached hydrogens (tertiary/aromatic N) is 1. The molecular weight excluding hydrogens is 338 g/mol. The van der Waals surface area contributed by atoms with E-state index in [4.69, 9.17) is 4.42 Å². The molecule has 4 nitrogen and oxygen atoms in total. The lowest BCUT2D eigenvalue weighted by Gasteiger charge is -2.32. The molecule has 1 N–H and O–H groups in total. The number of likely N-dealkylation sites (tertiary alicyclic amines) is 1. The summed E-state index contributed by atoms with van der Waals surface area (Å²) in [5.41, 5.74) is 5.48.